The van der Waals surface area contributed by atoms with Crippen molar-refractivity contribution in [2.75, 3.05) is 0 Å². The van der Waals surface area contributed by atoms with Gasteiger partial charge in [-0.15, -0.1) is 0 Å². The predicted octanol–water partition coefficient (Wildman–Crippen LogP) is 6.25. The second kappa shape index (κ2) is 6.23. The average molecular weight is 332 g/mol. The monoisotopic (exact) mass is 332 g/mol. The molecule has 130 valence electrons. The number of hydrogen-bond donors (Lipinski definition) is 0. The maximum absolute atomic E-state index is 15.3. The molecule has 0 fully saturated rings. The van der Waals surface area contributed by atoms with E-state index < -0.39 is 11.6 Å². The smallest absolute Gasteiger partial charge is 0.153 e. The van der Waals surface area contributed by atoms with Crippen LogP contribution in [-0.2, 0) is 5.41 Å². The molecule has 0 aliphatic carbocycles. The van der Waals surface area contributed by atoms with Gasteiger partial charge in [-0.2, -0.15) is 0 Å². The molecule has 1 aromatic carbocycles. The van der Waals surface area contributed by atoms with Gasteiger partial charge in [0.1, 0.15) is 17.2 Å². The molecule has 2 nitrogen and oxygen atoms in total. The molecular weight excluding hydrogens is 306 g/mol. The number of halogens is 2. The van der Waals surface area contributed by atoms with Crippen molar-refractivity contribution < 1.29 is 8.78 Å². The van der Waals surface area contributed by atoms with Crippen molar-refractivity contribution in [3.05, 3.63) is 41.1 Å². The second-order valence-corrected chi connectivity index (χ2v) is 7.94. The summed E-state index contributed by atoms with van der Waals surface area (Å²) in [7, 11) is 0. The maximum Gasteiger partial charge on any atom is 0.153 e. The van der Waals surface area contributed by atoms with Gasteiger partial charge in [-0.3, -0.25) is 0 Å². The number of hydrogen-bond acceptors (Lipinski definition) is 2. The van der Waals surface area contributed by atoms with Crippen molar-refractivity contribution in [3.63, 3.8) is 0 Å². The number of nitrogens with zero attached hydrogens (tertiary/aromatic N) is 2. The summed E-state index contributed by atoms with van der Waals surface area (Å²) in [5.74, 6) is -0.603. The minimum Gasteiger partial charge on any atom is -0.236 e. The topological polar surface area (TPSA) is 25.8 Å². The number of benzene rings is 1. The standard InChI is InChI=1S/C20H26F2N2/c1-10(2)15-13(12(5)21)9-14-17(11(3)4)23-19(20(6,7)8)24-18(14)16(15)22/h9-11H,5H2,1-4,6-8H3. The largest absolute Gasteiger partial charge is 0.236 e. The Kier molecular flexibility index (Phi) is 4.80. The van der Waals surface area contributed by atoms with Crippen LogP contribution in [0.5, 0.6) is 0 Å². The average Bonchev–Trinajstić information content (AvgIpc) is 2.44. The molecule has 0 atom stereocenters. The molecule has 2 aromatic rings. The summed E-state index contributed by atoms with van der Waals surface area (Å²) in [6, 6.07) is 1.65. The highest BCUT2D eigenvalue weighted by molar-refractivity contribution is 5.87. The van der Waals surface area contributed by atoms with Crippen LogP contribution in [0.4, 0.5) is 8.78 Å². The highest BCUT2D eigenvalue weighted by atomic mass is 19.1. The Morgan fingerprint density at radius 1 is 1.08 bits per heavy atom. The van der Waals surface area contributed by atoms with Gasteiger partial charge in [-0.05, 0) is 17.9 Å². The van der Waals surface area contributed by atoms with Crippen LogP contribution in [0, 0.1) is 5.82 Å². The minimum absolute atomic E-state index is 0.0710. The second-order valence-electron chi connectivity index (χ2n) is 7.94. The van der Waals surface area contributed by atoms with E-state index in [0.29, 0.717) is 16.8 Å². The Morgan fingerprint density at radius 2 is 1.67 bits per heavy atom. The first kappa shape index (κ1) is 18.5. The molecule has 0 bridgehead atoms. The van der Waals surface area contributed by atoms with E-state index in [9.17, 15) is 4.39 Å². The Labute approximate surface area is 143 Å². The van der Waals surface area contributed by atoms with Gasteiger partial charge in [0.15, 0.2) is 5.82 Å². The summed E-state index contributed by atoms with van der Waals surface area (Å²) in [4.78, 5) is 9.15. The maximum atomic E-state index is 15.3. The molecule has 24 heavy (non-hydrogen) atoms. The van der Waals surface area contributed by atoms with Crippen LogP contribution in [0.2, 0.25) is 0 Å². The van der Waals surface area contributed by atoms with Crippen molar-refractivity contribution in [2.45, 2.75) is 65.7 Å². The molecule has 0 N–H and O–H groups in total. The summed E-state index contributed by atoms with van der Waals surface area (Å²) in [5.41, 5.74) is 1.24. The van der Waals surface area contributed by atoms with Gasteiger partial charge < -0.3 is 0 Å². The Morgan fingerprint density at radius 3 is 2.08 bits per heavy atom. The molecular formula is C20H26F2N2. The van der Waals surface area contributed by atoms with E-state index >= 15 is 4.39 Å². The van der Waals surface area contributed by atoms with Gasteiger partial charge in [-0.25, -0.2) is 18.7 Å². The van der Waals surface area contributed by atoms with Crippen LogP contribution in [0.1, 0.15) is 82.9 Å². The van der Waals surface area contributed by atoms with Crippen LogP contribution in [0.25, 0.3) is 16.7 Å². The van der Waals surface area contributed by atoms with Gasteiger partial charge in [0.2, 0.25) is 0 Å². The van der Waals surface area contributed by atoms with Crippen LogP contribution < -0.4 is 0 Å². The number of aromatic nitrogens is 2. The fourth-order valence-electron chi connectivity index (χ4n) is 2.83. The van der Waals surface area contributed by atoms with E-state index in [1.807, 2.05) is 48.5 Å². The lowest BCUT2D eigenvalue weighted by Gasteiger charge is -2.22. The lowest BCUT2D eigenvalue weighted by atomic mass is 9.90. The normalized spacial score (nSPS) is 12.5. The van der Waals surface area contributed by atoms with Crippen LogP contribution in [0.15, 0.2) is 12.6 Å². The molecule has 4 heteroatoms. The van der Waals surface area contributed by atoms with E-state index in [1.54, 1.807) is 6.07 Å². The number of fused-ring (bicyclic) bond motifs is 1. The Balaban J connectivity index is 3.02. The summed E-state index contributed by atoms with van der Waals surface area (Å²) in [6.07, 6.45) is 0. The first-order valence-corrected chi connectivity index (χ1v) is 8.34. The molecule has 0 saturated carbocycles. The summed E-state index contributed by atoms with van der Waals surface area (Å²) in [5, 5.41) is 0.564. The van der Waals surface area contributed by atoms with Crippen molar-refractivity contribution in [2.24, 2.45) is 0 Å². The first-order chi connectivity index (χ1) is 10.9. The van der Waals surface area contributed by atoms with Crippen molar-refractivity contribution >= 4 is 16.7 Å². The summed E-state index contributed by atoms with van der Waals surface area (Å²) in [6.45, 7) is 17.0. The Hall–Kier alpha value is -1.84. The molecule has 0 aliphatic heterocycles. The zero-order chi connectivity index (χ0) is 18.4. The zero-order valence-corrected chi connectivity index (χ0v) is 15.6. The molecule has 0 radical (unpaired) electrons. The van der Waals surface area contributed by atoms with Crippen molar-refractivity contribution in [1.82, 2.24) is 9.97 Å². The zero-order valence-electron chi connectivity index (χ0n) is 15.6. The molecule has 0 amide bonds. The quantitative estimate of drug-likeness (QED) is 0.663. The van der Waals surface area contributed by atoms with E-state index in [4.69, 9.17) is 0 Å². The van der Waals surface area contributed by atoms with Crippen LogP contribution in [-0.4, -0.2) is 9.97 Å². The van der Waals surface area contributed by atoms with Crippen molar-refractivity contribution in [1.29, 1.82) is 0 Å². The van der Waals surface area contributed by atoms with Crippen molar-refractivity contribution in [3.8, 4) is 0 Å². The number of rotatable bonds is 3. The molecule has 0 saturated heterocycles. The highest BCUT2D eigenvalue weighted by Crippen LogP contribution is 2.36. The molecule has 1 heterocycles. The van der Waals surface area contributed by atoms with Gasteiger partial charge in [0.05, 0.1) is 5.69 Å². The van der Waals surface area contributed by atoms with E-state index in [2.05, 4.69) is 16.5 Å². The molecule has 2 rings (SSSR count). The summed E-state index contributed by atoms with van der Waals surface area (Å²) < 4.78 is 29.2. The molecule has 1 aromatic heterocycles. The van der Waals surface area contributed by atoms with E-state index in [-0.39, 0.29) is 28.3 Å². The lowest BCUT2D eigenvalue weighted by molar-refractivity contribution is 0.539. The molecule has 0 unspecified atom stereocenters. The third-order valence-electron chi connectivity index (χ3n) is 4.09. The fraction of sp³-hybridized carbons (Fsp3) is 0.500. The van der Waals surface area contributed by atoms with Crippen LogP contribution >= 0.6 is 0 Å². The third kappa shape index (κ3) is 3.19. The predicted molar refractivity (Wildman–Crippen MR) is 96.5 cm³/mol. The van der Waals surface area contributed by atoms with E-state index in [1.165, 1.54) is 0 Å². The highest BCUT2D eigenvalue weighted by Gasteiger charge is 2.25. The van der Waals surface area contributed by atoms with Gasteiger partial charge in [0, 0.05) is 21.9 Å². The van der Waals surface area contributed by atoms with Gasteiger partial charge in [-0.1, -0.05) is 55.0 Å². The SMILES string of the molecule is C=C(F)c1cc2c(C(C)C)nc(C(C)(C)C)nc2c(F)c1C(C)C. The fourth-order valence-corrected chi connectivity index (χ4v) is 2.83. The third-order valence-corrected chi connectivity index (χ3v) is 4.09. The van der Waals surface area contributed by atoms with Crippen LogP contribution in [0.3, 0.4) is 0 Å². The van der Waals surface area contributed by atoms with Gasteiger partial charge in [0.25, 0.3) is 0 Å². The van der Waals surface area contributed by atoms with Gasteiger partial charge >= 0.3 is 0 Å². The Bertz CT molecular complexity index is 800. The first-order valence-electron chi connectivity index (χ1n) is 8.34. The summed E-state index contributed by atoms with van der Waals surface area (Å²) >= 11 is 0. The molecule has 0 spiro atoms. The lowest BCUT2D eigenvalue weighted by Crippen LogP contribution is -2.18. The molecule has 0 aliphatic rings. The minimum atomic E-state index is -0.630. The van der Waals surface area contributed by atoms with E-state index in [0.717, 1.165) is 5.69 Å².